The second kappa shape index (κ2) is 8.05. The Balaban J connectivity index is 2.25. The fraction of sp³-hybridized carbons (Fsp3) is 0.833. The second-order valence-electron chi connectivity index (χ2n) is 4.34. The van der Waals surface area contributed by atoms with Crippen LogP contribution in [0.2, 0.25) is 0 Å². The van der Waals surface area contributed by atoms with E-state index in [-0.39, 0.29) is 11.9 Å². The zero-order valence-electron chi connectivity index (χ0n) is 11.2. The summed E-state index contributed by atoms with van der Waals surface area (Å²) in [5.41, 5.74) is 0. The Bertz CT molecular complexity index is 259. The van der Waals surface area contributed by atoms with Crippen LogP contribution in [0.5, 0.6) is 0 Å². The van der Waals surface area contributed by atoms with Crippen LogP contribution < -0.4 is 0 Å². The van der Waals surface area contributed by atoms with Crippen LogP contribution >= 0.6 is 0 Å². The Hall–Kier alpha value is -1.14. The molecule has 1 heterocycles. The first-order valence-electron chi connectivity index (χ1n) is 6.24. The summed E-state index contributed by atoms with van der Waals surface area (Å²) >= 11 is 0. The molecule has 0 aromatic rings. The highest BCUT2D eigenvalue weighted by molar-refractivity contribution is 5.70. The highest BCUT2D eigenvalue weighted by Gasteiger charge is 2.18. The van der Waals surface area contributed by atoms with Gasteiger partial charge in [0.15, 0.2) is 0 Å². The number of hydrogen-bond acceptors (Lipinski definition) is 6. The third-order valence-corrected chi connectivity index (χ3v) is 2.99. The minimum Gasteiger partial charge on any atom is -0.469 e. The van der Waals surface area contributed by atoms with E-state index in [0.29, 0.717) is 25.9 Å². The predicted molar refractivity (Wildman–Crippen MR) is 66.1 cm³/mol. The first-order valence-corrected chi connectivity index (χ1v) is 6.24. The van der Waals surface area contributed by atoms with E-state index in [1.807, 2.05) is 0 Å². The third kappa shape index (κ3) is 6.56. The molecule has 0 aromatic carbocycles. The number of ether oxygens (including phenoxy) is 2. The van der Waals surface area contributed by atoms with Crippen LogP contribution in [0.15, 0.2) is 0 Å². The van der Waals surface area contributed by atoms with Crippen LogP contribution in [0.25, 0.3) is 0 Å². The van der Waals surface area contributed by atoms with Crippen molar-refractivity contribution in [1.82, 2.24) is 9.80 Å². The maximum atomic E-state index is 11.1. The molecule has 1 aliphatic heterocycles. The zero-order valence-corrected chi connectivity index (χ0v) is 11.2. The van der Waals surface area contributed by atoms with E-state index in [2.05, 4.69) is 19.3 Å². The van der Waals surface area contributed by atoms with Crippen LogP contribution in [0.4, 0.5) is 0 Å². The van der Waals surface area contributed by atoms with Crippen LogP contribution in [0.1, 0.15) is 12.8 Å². The lowest BCUT2D eigenvalue weighted by Gasteiger charge is -2.21. The van der Waals surface area contributed by atoms with Crippen molar-refractivity contribution in [2.75, 3.05) is 53.5 Å². The zero-order chi connectivity index (χ0) is 13.4. The van der Waals surface area contributed by atoms with E-state index in [9.17, 15) is 9.59 Å². The Morgan fingerprint density at radius 1 is 1.00 bits per heavy atom. The van der Waals surface area contributed by atoms with Gasteiger partial charge >= 0.3 is 11.9 Å². The summed E-state index contributed by atoms with van der Waals surface area (Å²) in [5.74, 6) is -0.436. The average Bonchev–Trinajstić information content (AvgIpc) is 3.20. The first kappa shape index (κ1) is 14.9. The SMILES string of the molecule is COC(=O)CCN(CCC(=O)OC)CCN1CC1. The van der Waals surface area contributed by atoms with Crippen molar-refractivity contribution in [2.24, 2.45) is 0 Å². The van der Waals surface area contributed by atoms with Crippen molar-refractivity contribution in [2.45, 2.75) is 12.8 Å². The molecule has 0 radical (unpaired) electrons. The number of nitrogens with zero attached hydrogens (tertiary/aromatic N) is 2. The Morgan fingerprint density at radius 3 is 1.89 bits per heavy atom. The Labute approximate surface area is 108 Å². The van der Waals surface area contributed by atoms with Crippen LogP contribution in [0.3, 0.4) is 0 Å². The van der Waals surface area contributed by atoms with Crippen molar-refractivity contribution in [3.05, 3.63) is 0 Å². The van der Waals surface area contributed by atoms with Gasteiger partial charge in [-0.1, -0.05) is 0 Å². The topological polar surface area (TPSA) is 58.9 Å². The van der Waals surface area contributed by atoms with Crippen molar-refractivity contribution < 1.29 is 19.1 Å². The molecule has 0 N–H and O–H groups in total. The van der Waals surface area contributed by atoms with E-state index in [1.165, 1.54) is 14.2 Å². The number of hydrogen-bond donors (Lipinski definition) is 0. The van der Waals surface area contributed by atoms with Crippen molar-refractivity contribution >= 4 is 11.9 Å². The van der Waals surface area contributed by atoms with Gasteiger partial charge in [0.05, 0.1) is 27.1 Å². The van der Waals surface area contributed by atoms with Gasteiger partial charge in [-0.25, -0.2) is 0 Å². The minimum absolute atomic E-state index is 0.218. The fourth-order valence-corrected chi connectivity index (χ4v) is 1.62. The first-order chi connectivity index (χ1) is 8.65. The van der Waals surface area contributed by atoms with E-state index in [1.54, 1.807) is 0 Å². The summed E-state index contributed by atoms with van der Waals surface area (Å²) in [7, 11) is 2.77. The van der Waals surface area contributed by atoms with Gasteiger partial charge in [0, 0.05) is 39.3 Å². The van der Waals surface area contributed by atoms with E-state index >= 15 is 0 Å². The highest BCUT2D eigenvalue weighted by Crippen LogP contribution is 2.04. The molecule has 0 spiro atoms. The number of esters is 2. The summed E-state index contributed by atoms with van der Waals surface area (Å²) in [6.45, 7) is 5.41. The molecule has 0 aliphatic carbocycles. The molecule has 18 heavy (non-hydrogen) atoms. The lowest BCUT2D eigenvalue weighted by molar-refractivity contribution is -0.141. The molecule has 1 rings (SSSR count). The molecular weight excluding hydrogens is 236 g/mol. The van der Waals surface area contributed by atoms with Gasteiger partial charge in [-0.05, 0) is 0 Å². The van der Waals surface area contributed by atoms with Crippen molar-refractivity contribution in [3.63, 3.8) is 0 Å². The van der Waals surface area contributed by atoms with Crippen molar-refractivity contribution in [3.8, 4) is 0 Å². The van der Waals surface area contributed by atoms with Gasteiger partial charge in [0.1, 0.15) is 0 Å². The molecule has 0 bridgehead atoms. The van der Waals surface area contributed by atoms with Gasteiger partial charge in [0.2, 0.25) is 0 Å². The number of carbonyl (C=O) groups is 2. The smallest absolute Gasteiger partial charge is 0.306 e. The molecule has 1 aliphatic rings. The van der Waals surface area contributed by atoms with E-state index in [0.717, 1.165) is 26.2 Å². The van der Waals surface area contributed by atoms with Gasteiger partial charge in [0.25, 0.3) is 0 Å². The molecular formula is C12H22N2O4. The largest absolute Gasteiger partial charge is 0.469 e. The molecule has 1 saturated heterocycles. The summed E-state index contributed by atoms with van der Waals surface area (Å²) in [4.78, 5) is 26.6. The van der Waals surface area contributed by atoms with E-state index in [4.69, 9.17) is 0 Å². The van der Waals surface area contributed by atoms with E-state index < -0.39 is 0 Å². The fourth-order valence-electron chi connectivity index (χ4n) is 1.62. The van der Waals surface area contributed by atoms with Crippen molar-refractivity contribution in [1.29, 1.82) is 0 Å². The number of carbonyl (C=O) groups excluding carboxylic acids is 2. The normalized spacial score (nSPS) is 14.6. The maximum Gasteiger partial charge on any atom is 0.306 e. The molecule has 0 aromatic heterocycles. The average molecular weight is 258 g/mol. The summed E-state index contributed by atoms with van der Waals surface area (Å²) in [6, 6.07) is 0. The standard InChI is InChI=1S/C12H22N2O4/c1-17-11(15)3-5-13(6-4-12(16)18-2)7-8-14-9-10-14/h3-10H2,1-2H3. The lowest BCUT2D eigenvalue weighted by Crippen LogP contribution is -2.33. The molecule has 0 saturated carbocycles. The monoisotopic (exact) mass is 258 g/mol. The molecule has 0 amide bonds. The molecule has 6 heteroatoms. The maximum absolute atomic E-state index is 11.1. The minimum atomic E-state index is -0.218. The van der Waals surface area contributed by atoms with Gasteiger partial charge in [-0.2, -0.15) is 0 Å². The number of rotatable bonds is 9. The van der Waals surface area contributed by atoms with Crippen LogP contribution in [-0.2, 0) is 19.1 Å². The summed E-state index contributed by atoms with van der Waals surface area (Å²) in [6.07, 6.45) is 0.718. The summed E-state index contributed by atoms with van der Waals surface area (Å²) < 4.78 is 9.24. The molecule has 6 nitrogen and oxygen atoms in total. The molecule has 104 valence electrons. The lowest BCUT2D eigenvalue weighted by atomic mass is 10.3. The van der Waals surface area contributed by atoms with Gasteiger partial charge in [-0.3, -0.25) is 14.5 Å². The quantitative estimate of drug-likeness (QED) is 0.419. The Morgan fingerprint density at radius 2 is 1.50 bits per heavy atom. The summed E-state index contributed by atoms with van der Waals surface area (Å²) in [5, 5.41) is 0. The molecule has 1 fully saturated rings. The Kier molecular flexibility index (Phi) is 6.67. The number of methoxy groups -OCH3 is 2. The highest BCUT2D eigenvalue weighted by atomic mass is 16.5. The van der Waals surface area contributed by atoms with Crippen LogP contribution in [0, 0.1) is 0 Å². The van der Waals surface area contributed by atoms with Crippen LogP contribution in [-0.4, -0.2) is 75.2 Å². The third-order valence-electron chi connectivity index (χ3n) is 2.99. The second-order valence-corrected chi connectivity index (χ2v) is 4.34. The molecule has 0 unspecified atom stereocenters. The van der Waals surface area contributed by atoms with Gasteiger partial charge in [-0.15, -0.1) is 0 Å². The molecule has 0 atom stereocenters. The van der Waals surface area contributed by atoms with Gasteiger partial charge < -0.3 is 14.4 Å². The predicted octanol–water partition coefficient (Wildman–Crippen LogP) is -0.270.